The first-order chi connectivity index (χ1) is 7.52. The lowest BCUT2D eigenvalue weighted by Gasteiger charge is -2.37. The van der Waals surface area contributed by atoms with Gasteiger partial charge in [-0.3, -0.25) is 0 Å². The van der Waals surface area contributed by atoms with Gasteiger partial charge in [0.25, 0.3) is 0 Å². The fourth-order valence-electron chi connectivity index (χ4n) is 2.66. The van der Waals surface area contributed by atoms with Gasteiger partial charge in [0.1, 0.15) is 5.60 Å². The topological polar surface area (TPSA) is 20.2 Å². The molecule has 1 aromatic carbocycles. The molecule has 1 aromatic rings. The van der Waals surface area contributed by atoms with E-state index in [9.17, 15) is 5.11 Å². The quantitative estimate of drug-likeness (QED) is 0.777. The van der Waals surface area contributed by atoms with Crippen LogP contribution in [0.2, 0.25) is 0 Å². The molecule has 1 nitrogen and oxygen atoms in total. The van der Waals surface area contributed by atoms with E-state index in [0.717, 1.165) is 24.8 Å². The van der Waals surface area contributed by atoms with Crippen molar-refractivity contribution in [2.75, 3.05) is 0 Å². The van der Waals surface area contributed by atoms with Gasteiger partial charge in [-0.05, 0) is 32.3 Å². The predicted molar refractivity (Wildman–Crippen MR) is 71.0 cm³/mol. The van der Waals surface area contributed by atoms with Gasteiger partial charge in [-0.25, -0.2) is 0 Å². The molecule has 1 N–H and O–H groups in total. The summed E-state index contributed by atoms with van der Waals surface area (Å²) in [5.74, 6) is 0. The molecule has 0 radical (unpaired) electrons. The molecule has 0 saturated heterocycles. The van der Waals surface area contributed by atoms with Crippen molar-refractivity contribution in [3.8, 4) is 0 Å². The molecule has 0 bridgehead atoms. The lowest BCUT2D eigenvalue weighted by Crippen LogP contribution is -2.38. The van der Waals surface area contributed by atoms with E-state index in [4.69, 9.17) is 0 Å². The van der Waals surface area contributed by atoms with Crippen LogP contribution in [-0.4, -0.2) is 9.93 Å². The Labute approximate surface area is 106 Å². The Kier molecular flexibility index (Phi) is 3.41. The number of hydrogen-bond donors (Lipinski definition) is 1. The third-order valence-electron chi connectivity index (χ3n) is 3.51. The van der Waals surface area contributed by atoms with Crippen LogP contribution in [0, 0.1) is 13.8 Å². The Morgan fingerprint density at radius 1 is 1.19 bits per heavy atom. The van der Waals surface area contributed by atoms with Crippen LogP contribution < -0.4 is 0 Å². The van der Waals surface area contributed by atoms with E-state index >= 15 is 0 Å². The Morgan fingerprint density at radius 2 is 1.81 bits per heavy atom. The molecule has 1 saturated carbocycles. The monoisotopic (exact) mass is 282 g/mol. The number of rotatable bonds is 1. The van der Waals surface area contributed by atoms with E-state index in [0.29, 0.717) is 0 Å². The van der Waals surface area contributed by atoms with Gasteiger partial charge in [-0.1, -0.05) is 58.1 Å². The highest BCUT2D eigenvalue weighted by Gasteiger charge is 2.38. The molecule has 0 aromatic heterocycles. The largest absolute Gasteiger partial charge is 0.384 e. The fraction of sp³-hybridized carbons (Fsp3) is 0.571. The van der Waals surface area contributed by atoms with E-state index in [-0.39, 0.29) is 4.83 Å². The summed E-state index contributed by atoms with van der Waals surface area (Å²) in [6, 6.07) is 6.39. The number of alkyl halides is 1. The second kappa shape index (κ2) is 4.50. The first-order valence-electron chi connectivity index (χ1n) is 5.97. The van der Waals surface area contributed by atoms with Crippen LogP contribution in [0.3, 0.4) is 0 Å². The molecule has 0 amide bonds. The number of hydrogen-bond acceptors (Lipinski definition) is 1. The summed E-state index contributed by atoms with van der Waals surface area (Å²) in [7, 11) is 0. The van der Waals surface area contributed by atoms with E-state index in [1.54, 1.807) is 0 Å². The third kappa shape index (κ3) is 2.18. The van der Waals surface area contributed by atoms with Crippen molar-refractivity contribution in [2.24, 2.45) is 0 Å². The molecular weight excluding hydrogens is 264 g/mol. The van der Waals surface area contributed by atoms with Crippen molar-refractivity contribution in [2.45, 2.75) is 50.0 Å². The lowest BCUT2D eigenvalue weighted by molar-refractivity contribution is 0.00811. The summed E-state index contributed by atoms with van der Waals surface area (Å²) in [6.07, 6.45) is 4.25. The van der Waals surface area contributed by atoms with Crippen molar-refractivity contribution in [1.82, 2.24) is 0 Å². The average molecular weight is 283 g/mol. The van der Waals surface area contributed by atoms with Gasteiger partial charge < -0.3 is 5.11 Å². The van der Waals surface area contributed by atoms with Gasteiger partial charge in [0.2, 0.25) is 0 Å². The molecule has 0 unspecified atom stereocenters. The van der Waals surface area contributed by atoms with E-state index in [1.165, 1.54) is 17.5 Å². The maximum Gasteiger partial charge on any atom is 0.102 e. The van der Waals surface area contributed by atoms with Crippen LogP contribution in [0.4, 0.5) is 0 Å². The molecule has 16 heavy (non-hydrogen) atoms. The van der Waals surface area contributed by atoms with Gasteiger partial charge in [0, 0.05) is 4.83 Å². The Balaban J connectivity index is 2.40. The highest BCUT2D eigenvalue weighted by molar-refractivity contribution is 9.09. The lowest BCUT2D eigenvalue weighted by atomic mass is 9.79. The summed E-state index contributed by atoms with van der Waals surface area (Å²) in [5.41, 5.74) is 2.86. The number of aliphatic hydroxyl groups is 1. The molecule has 2 heteroatoms. The van der Waals surface area contributed by atoms with Crippen molar-refractivity contribution < 1.29 is 5.11 Å². The van der Waals surface area contributed by atoms with Crippen molar-refractivity contribution in [1.29, 1.82) is 0 Å². The number of halogens is 1. The molecule has 2 rings (SSSR count). The molecule has 0 heterocycles. The van der Waals surface area contributed by atoms with Gasteiger partial charge in [0.15, 0.2) is 0 Å². The third-order valence-corrected chi connectivity index (χ3v) is 4.72. The second-order valence-corrected chi connectivity index (χ2v) is 6.12. The summed E-state index contributed by atoms with van der Waals surface area (Å²) in [4.78, 5) is 0.190. The molecule has 0 aliphatic heterocycles. The normalized spacial score (nSPS) is 30.4. The van der Waals surface area contributed by atoms with E-state index in [2.05, 4.69) is 48.0 Å². The summed E-state index contributed by atoms with van der Waals surface area (Å²) < 4.78 is 0. The maximum absolute atomic E-state index is 10.8. The minimum Gasteiger partial charge on any atom is -0.384 e. The van der Waals surface area contributed by atoms with Crippen LogP contribution in [0.25, 0.3) is 0 Å². The Bertz CT molecular complexity index is 368. The van der Waals surface area contributed by atoms with Crippen LogP contribution in [0.5, 0.6) is 0 Å². The van der Waals surface area contributed by atoms with E-state index < -0.39 is 5.60 Å². The van der Waals surface area contributed by atoms with Gasteiger partial charge in [-0.2, -0.15) is 0 Å². The first-order valence-corrected chi connectivity index (χ1v) is 6.89. The zero-order chi connectivity index (χ0) is 11.8. The summed E-state index contributed by atoms with van der Waals surface area (Å²) in [5, 5.41) is 10.8. The molecule has 1 aliphatic carbocycles. The van der Waals surface area contributed by atoms with Crippen LogP contribution in [-0.2, 0) is 5.60 Å². The minimum atomic E-state index is -0.672. The zero-order valence-electron chi connectivity index (χ0n) is 9.96. The molecule has 1 aliphatic rings. The smallest absolute Gasteiger partial charge is 0.102 e. The summed E-state index contributed by atoms with van der Waals surface area (Å²) >= 11 is 3.65. The summed E-state index contributed by atoms with van der Waals surface area (Å²) in [6.45, 7) is 4.18. The van der Waals surface area contributed by atoms with Gasteiger partial charge in [-0.15, -0.1) is 0 Å². The highest BCUT2D eigenvalue weighted by Crippen LogP contribution is 2.41. The van der Waals surface area contributed by atoms with Crippen molar-refractivity contribution in [3.05, 3.63) is 34.9 Å². The van der Waals surface area contributed by atoms with Crippen LogP contribution in [0.15, 0.2) is 18.2 Å². The molecule has 1 fully saturated rings. The average Bonchev–Trinajstić information content (AvgIpc) is 2.21. The second-order valence-electron chi connectivity index (χ2n) is 5.01. The molecule has 2 atom stereocenters. The highest BCUT2D eigenvalue weighted by atomic mass is 79.9. The molecular formula is C14H19BrO. The van der Waals surface area contributed by atoms with Crippen molar-refractivity contribution >= 4 is 15.9 Å². The Hall–Kier alpha value is -0.340. The molecule has 0 spiro atoms. The SMILES string of the molecule is Cc1cc(C)cc([C@]2(O)CCCC[C@@H]2Br)c1. The fourth-order valence-corrected chi connectivity index (χ4v) is 3.48. The van der Waals surface area contributed by atoms with Crippen LogP contribution >= 0.6 is 15.9 Å². The maximum atomic E-state index is 10.8. The number of benzene rings is 1. The zero-order valence-corrected chi connectivity index (χ0v) is 11.5. The Morgan fingerprint density at radius 3 is 2.38 bits per heavy atom. The molecule has 88 valence electrons. The predicted octanol–water partition coefficient (Wildman–Crippen LogP) is 3.83. The van der Waals surface area contributed by atoms with Crippen molar-refractivity contribution in [3.63, 3.8) is 0 Å². The van der Waals surface area contributed by atoms with Gasteiger partial charge >= 0.3 is 0 Å². The standard InChI is InChI=1S/C14H19BrO/c1-10-7-11(2)9-12(8-10)14(16)6-4-3-5-13(14)15/h7-9,13,16H,3-6H2,1-2H3/t13-,14+/m0/s1. The first kappa shape index (κ1) is 12.1. The minimum absolute atomic E-state index is 0.190. The number of aryl methyl sites for hydroxylation is 2. The van der Waals surface area contributed by atoms with Crippen LogP contribution in [0.1, 0.15) is 42.4 Å². The van der Waals surface area contributed by atoms with E-state index in [1.807, 2.05) is 0 Å². The van der Waals surface area contributed by atoms with Gasteiger partial charge in [0.05, 0.1) is 0 Å².